The summed E-state index contributed by atoms with van der Waals surface area (Å²) in [5.41, 5.74) is 0. The molecule has 3 rings (SSSR count). The van der Waals surface area contributed by atoms with Crippen LogP contribution in [0.5, 0.6) is 11.5 Å². The van der Waals surface area contributed by atoms with Gasteiger partial charge < -0.3 is 25.2 Å². The summed E-state index contributed by atoms with van der Waals surface area (Å²) in [6.45, 7) is 1.05. The average Bonchev–Trinajstić information content (AvgIpc) is 3.26. The fourth-order valence-corrected chi connectivity index (χ4v) is 5.67. The maximum atomic E-state index is 12.2. The van der Waals surface area contributed by atoms with Crippen LogP contribution < -0.4 is 20.1 Å². The number of rotatable bonds is 6. The number of amides is 2. The number of fused-ring (bicyclic) bond motifs is 1. The molecule has 3 heterocycles. The van der Waals surface area contributed by atoms with Crippen LogP contribution in [-0.4, -0.2) is 65.4 Å². The third-order valence-corrected chi connectivity index (χ3v) is 7.28. The zero-order valence-electron chi connectivity index (χ0n) is 12.8. The smallest absolute Gasteiger partial charge is 0.265 e. The minimum absolute atomic E-state index is 0.0532. The van der Waals surface area contributed by atoms with E-state index < -0.39 is 6.10 Å². The number of hydrogen-bond acceptors (Lipinski definition) is 8. The molecule has 132 valence electrons. The van der Waals surface area contributed by atoms with Crippen LogP contribution >= 0.6 is 34.9 Å². The van der Waals surface area contributed by atoms with E-state index in [9.17, 15) is 14.7 Å². The van der Waals surface area contributed by atoms with Gasteiger partial charge in [-0.3, -0.25) is 9.59 Å². The molecular weight excluding hydrogens is 372 g/mol. The molecule has 1 unspecified atom stereocenters. The van der Waals surface area contributed by atoms with Gasteiger partial charge in [0.15, 0.2) is 11.5 Å². The number of carbonyl (C=O) groups excluding carboxylic acids is 2. The summed E-state index contributed by atoms with van der Waals surface area (Å²) < 4.78 is 10.8. The van der Waals surface area contributed by atoms with Crippen LogP contribution in [0.3, 0.4) is 0 Å². The normalized spacial score (nSPS) is 18.2. The molecule has 1 fully saturated rings. The summed E-state index contributed by atoms with van der Waals surface area (Å²) in [5.74, 6) is 2.58. The fourth-order valence-electron chi connectivity index (χ4n) is 2.19. The molecule has 2 aliphatic rings. The highest BCUT2D eigenvalue weighted by Gasteiger charge is 2.25. The van der Waals surface area contributed by atoms with Gasteiger partial charge in [-0.05, 0) is 0 Å². The molecule has 1 atom stereocenters. The summed E-state index contributed by atoms with van der Waals surface area (Å²) in [7, 11) is 0. The van der Waals surface area contributed by atoms with Crippen molar-refractivity contribution in [1.29, 1.82) is 0 Å². The molecule has 10 heteroatoms. The summed E-state index contributed by atoms with van der Waals surface area (Å²) in [6, 6.07) is 0. The number of nitrogens with one attached hydrogen (secondary N) is 2. The van der Waals surface area contributed by atoms with E-state index in [1.165, 1.54) is 11.3 Å². The predicted octanol–water partition coefficient (Wildman–Crippen LogP) is 0.532. The Balaban J connectivity index is 1.42. The topological polar surface area (TPSA) is 96.9 Å². The van der Waals surface area contributed by atoms with Gasteiger partial charge in [0, 0.05) is 30.0 Å². The highest BCUT2D eigenvalue weighted by Crippen LogP contribution is 2.39. The molecule has 1 aromatic rings. The lowest BCUT2D eigenvalue weighted by atomic mass is 10.3. The molecule has 0 spiro atoms. The Morgan fingerprint density at radius 2 is 1.92 bits per heavy atom. The van der Waals surface area contributed by atoms with Crippen LogP contribution in [0.1, 0.15) is 9.67 Å². The summed E-state index contributed by atoms with van der Waals surface area (Å²) in [4.78, 5) is 24.5. The van der Waals surface area contributed by atoms with Gasteiger partial charge in [0.05, 0.1) is 6.10 Å². The molecule has 1 aromatic heterocycles. The second-order valence-electron chi connectivity index (χ2n) is 5.14. The number of carbonyl (C=O) groups is 2. The lowest BCUT2D eigenvalue weighted by molar-refractivity contribution is -0.119. The monoisotopic (exact) mass is 390 g/mol. The van der Waals surface area contributed by atoms with Gasteiger partial charge in [-0.1, -0.05) is 0 Å². The van der Waals surface area contributed by atoms with Gasteiger partial charge in [0.25, 0.3) is 5.91 Å². The first kappa shape index (κ1) is 17.7. The SMILES string of the molecule is O=C(NCC(O)CNC(=O)C1SCCS1)c1scc2c1OCCO2. The maximum absolute atomic E-state index is 12.2. The van der Waals surface area contributed by atoms with Crippen LogP contribution in [0.4, 0.5) is 0 Å². The third-order valence-electron chi connectivity index (χ3n) is 3.35. The second-order valence-corrected chi connectivity index (χ2v) is 8.74. The van der Waals surface area contributed by atoms with Crippen molar-refractivity contribution in [1.82, 2.24) is 10.6 Å². The quantitative estimate of drug-likeness (QED) is 0.652. The van der Waals surface area contributed by atoms with Gasteiger partial charge in [-0.2, -0.15) is 0 Å². The lowest BCUT2D eigenvalue weighted by Crippen LogP contribution is -2.41. The summed E-state index contributed by atoms with van der Waals surface area (Å²) in [5, 5.41) is 17.0. The molecule has 0 radical (unpaired) electrons. The third kappa shape index (κ3) is 4.29. The number of thiophene rings is 1. The molecule has 2 aliphatic heterocycles. The van der Waals surface area contributed by atoms with E-state index in [4.69, 9.17) is 9.47 Å². The van der Waals surface area contributed by atoms with Crippen LogP contribution in [0.2, 0.25) is 0 Å². The van der Waals surface area contributed by atoms with Crippen LogP contribution in [0.15, 0.2) is 5.38 Å². The van der Waals surface area contributed by atoms with Crippen LogP contribution in [-0.2, 0) is 4.79 Å². The van der Waals surface area contributed by atoms with E-state index in [1.54, 1.807) is 28.9 Å². The van der Waals surface area contributed by atoms with Gasteiger partial charge in [0.1, 0.15) is 22.7 Å². The lowest BCUT2D eigenvalue weighted by Gasteiger charge is -2.17. The Morgan fingerprint density at radius 3 is 2.71 bits per heavy atom. The Kier molecular flexibility index (Phi) is 6.14. The number of aliphatic hydroxyl groups excluding tert-OH is 1. The van der Waals surface area contributed by atoms with E-state index in [2.05, 4.69) is 10.6 Å². The maximum Gasteiger partial charge on any atom is 0.265 e. The number of hydrogen-bond donors (Lipinski definition) is 3. The first-order valence-corrected chi connectivity index (χ1v) is 10.5. The Morgan fingerprint density at radius 1 is 1.21 bits per heavy atom. The molecule has 0 aromatic carbocycles. The minimum Gasteiger partial charge on any atom is -0.485 e. The molecule has 0 bridgehead atoms. The van der Waals surface area contributed by atoms with Crippen molar-refractivity contribution in [3.63, 3.8) is 0 Å². The number of ether oxygens (including phenoxy) is 2. The van der Waals surface area contributed by atoms with E-state index in [0.717, 1.165) is 11.5 Å². The van der Waals surface area contributed by atoms with Crippen LogP contribution in [0, 0.1) is 0 Å². The van der Waals surface area contributed by atoms with Crippen molar-refractivity contribution >= 4 is 46.7 Å². The Bertz CT molecular complexity index is 603. The zero-order chi connectivity index (χ0) is 16.9. The average molecular weight is 391 g/mol. The van der Waals surface area contributed by atoms with Crippen molar-refractivity contribution in [2.24, 2.45) is 0 Å². The summed E-state index contributed by atoms with van der Waals surface area (Å²) >= 11 is 4.46. The largest absolute Gasteiger partial charge is 0.485 e. The van der Waals surface area contributed by atoms with Crippen molar-refractivity contribution < 1.29 is 24.2 Å². The van der Waals surface area contributed by atoms with Gasteiger partial charge in [0.2, 0.25) is 5.91 Å². The molecular formula is C14H18N2O5S3. The van der Waals surface area contributed by atoms with Gasteiger partial charge in [-0.15, -0.1) is 34.9 Å². The molecule has 3 N–H and O–H groups in total. The zero-order valence-corrected chi connectivity index (χ0v) is 15.2. The first-order chi connectivity index (χ1) is 11.6. The highest BCUT2D eigenvalue weighted by atomic mass is 32.2. The van der Waals surface area contributed by atoms with Crippen LogP contribution in [0.25, 0.3) is 0 Å². The van der Waals surface area contributed by atoms with E-state index >= 15 is 0 Å². The molecule has 2 amide bonds. The number of thioether (sulfide) groups is 2. The van der Waals surface area contributed by atoms with Crippen molar-refractivity contribution in [2.75, 3.05) is 37.8 Å². The highest BCUT2D eigenvalue weighted by molar-refractivity contribution is 8.21. The fraction of sp³-hybridized carbons (Fsp3) is 0.571. The molecule has 0 aliphatic carbocycles. The Hall–Kier alpha value is -1.10. The van der Waals surface area contributed by atoms with Crippen molar-refractivity contribution in [3.05, 3.63) is 10.3 Å². The predicted molar refractivity (Wildman–Crippen MR) is 95.4 cm³/mol. The Labute approximate surface area is 151 Å². The standard InChI is InChI=1S/C14H18N2O5S3/c17-8(6-16-13(19)14-22-3-4-23-14)5-15-12(18)11-10-9(7-24-11)20-1-2-21-10/h7-8,14,17H,1-6H2,(H,15,18)(H,16,19). The molecule has 0 saturated carbocycles. The van der Waals surface area contributed by atoms with Crippen molar-refractivity contribution in [2.45, 2.75) is 10.7 Å². The minimum atomic E-state index is -0.845. The first-order valence-electron chi connectivity index (χ1n) is 7.49. The molecule has 24 heavy (non-hydrogen) atoms. The van der Waals surface area contributed by atoms with E-state index in [0.29, 0.717) is 29.6 Å². The van der Waals surface area contributed by atoms with Crippen molar-refractivity contribution in [3.8, 4) is 11.5 Å². The molecule has 1 saturated heterocycles. The van der Waals surface area contributed by atoms with Gasteiger partial charge >= 0.3 is 0 Å². The van der Waals surface area contributed by atoms with E-state index in [1.807, 2.05) is 0 Å². The van der Waals surface area contributed by atoms with Gasteiger partial charge in [-0.25, -0.2) is 0 Å². The van der Waals surface area contributed by atoms with E-state index in [-0.39, 0.29) is 29.5 Å². The second kappa shape index (κ2) is 8.32. The summed E-state index contributed by atoms with van der Waals surface area (Å²) in [6.07, 6.45) is -0.845. The molecule has 7 nitrogen and oxygen atoms in total. The number of aliphatic hydroxyl groups is 1.